The molecule has 0 radical (unpaired) electrons. The molecule has 0 aliphatic rings. The first-order chi connectivity index (χ1) is 11.5. The zero-order valence-corrected chi connectivity index (χ0v) is 18.5. The van der Waals surface area contributed by atoms with Gasteiger partial charge in [-0.1, -0.05) is 22.0 Å². The van der Waals surface area contributed by atoms with Crippen molar-refractivity contribution >= 4 is 45.9 Å². The molecule has 2 rings (SSSR count). The van der Waals surface area contributed by atoms with Crippen LogP contribution in [-0.4, -0.2) is 46.3 Å². The molecule has 0 aliphatic heterocycles. The molecule has 0 saturated heterocycles. The number of guanidine groups is 1. The zero-order valence-electron chi connectivity index (χ0n) is 14.5. The highest BCUT2D eigenvalue weighted by atomic mass is 127. The van der Waals surface area contributed by atoms with Gasteiger partial charge in [0.2, 0.25) is 0 Å². The van der Waals surface area contributed by atoms with Crippen LogP contribution in [0.1, 0.15) is 17.8 Å². The standard InChI is InChI=1S/C16H22BrFN6.HI/c1-19-16(23(2)10-15-21-11-22-24(15)3)20-8-4-5-12-6-7-13(17)9-14(12)18;/h6-7,9,11H,4-5,8,10H2,1-3H3,(H,19,20);1H. The van der Waals surface area contributed by atoms with Crippen molar-refractivity contribution in [2.45, 2.75) is 19.4 Å². The molecule has 0 unspecified atom stereocenters. The number of rotatable bonds is 6. The Kier molecular flexibility index (Phi) is 9.33. The fraction of sp³-hybridized carbons (Fsp3) is 0.438. The molecule has 6 nitrogen and oxygen atoms in total. The maximum absolute atomic E-state index is 13.8. The molecular weight excluding hydrogens is 502 g/mol. The lowest BCUT2D eigenvalue weighted by Gasteiger charge is -2.21. The van der Waals surface area contributed by atoms with Gasteiger partial charge in [-0.3, -0.25) is 9.67 Å². The topological polar surface area (TPSA) is 58.3 Å². The Hall–Kier alpha value is -1.23. The SMILES string of the molecule is CN=C(NCCCc1ccc(Br)cc1F)N(C)Cc1ncnn1C.I. The fourth-order valence-electron chi connectivity index (χ4n) is 2.34. The van der Waals surface area contributed by atoms with Crippen molar-refractivity contribution in [1.29, 1.82) is 0 Å². The minimum Gasteiger partial charge on any atom is -0.356 e. The Morgan fingerprint density at radius 1 is 1.44 bits per heavy atom. The second kappa shape index (κ2) is 10.7. The molecule has 0 bridgehead atoms. The van der Waals surface area contributed by atoms with Crippen molar-refractivity contribution in [3.63, 3.8) is 0 Å². The predicted molar refractivity (Wildman–Crippen MR) is 112 cm³/mol. The summed E-state index contributed by atoms with van der Waals surface area (Å²) < 4.78 is 16.3. The first kappa shape index (κ1) is 21.8. The van der Waals surface area contributed by atoms with E-state index in [1.165, 1.54) is 12.4 Å². The van der Waals surface area contributed by atoms with Gasteiger partial charge in [0.1, 0.15) is 18.0 Å². The van der Waals surface area contributed by atoms with E-state index in [1.807, 2.05) is 31.1 Å². The highest BCUT2D eigenvalue weighted by molar-refractivity contribution is 14.0. The Balaban J connectivity index is 0.00000312. The average Bonchev–Trinajstić information content (AvgIpc) is 2.94. The monoisotopic (exact) mass is 524 g/mol. The highest BCUT2D eigenvalue weighted by Gasteiger charge is 2.10. The first-order valence-electron chi connectivity index (χ1n) is 7.70. The van der Waals surface area contributed by atoms with Gasteiger partial charge in [0.25, 0.3) is 0 Å². The summed E-state index contributed by atoms with van der Waals surface area (Å²) in [6, 6.07) is 5.17. The lowest BCUT2D eigenvalue weighted by atomic mass is 10.1. The molecule has 0 amide bonds. The minimum atomic E-state index is -0.173. The van der Waals surface area contributed by atoms with E-state index in [-0.39, 0.29) is 29.8 Å². The van der Waals surface area contributed by atoms with Gasteiger partial charge < -0.3 is 10.2 Å². The molecule has 0 saturated carbocycles. The van der Waals surface area contributed by atoms with E-state index < -0.39 is 0 Å². The third-order valence-electron chi connectivity index (χ3n) is 3.68. The van der Waals surface area contributed by atoms with Gasteiger partial charge in [0.05, 0.1) is 6.54 Å². The number of nitrogens with one attached hydrogen (secondary N) is 1. The summed E-state index contributed by atoms with van der Waals surface area (Å²) in [6.45, 7) is 1.32. The Bertz CT molecular complexity index is 706. The Morgan fingerprint density at radius 3 is 2.80 bits per heavy atom. The molecule has 2 aromatic rings. The van der Waals surface area contributed by atoms with Crippen molar-refractivity contribution < 1.29 is 4.39 Å². The third-order valence-corrected chi connectivity index (χ3v) is 4.17. The number of aryl methyl sites for hydroxylation is 2. The lowest BCUT2D eigenvalue weighted by Crippen LogP contribution is -2.39. The van der Waals surface area contributed by atoms with E-state index >= 15 is 0 Å². The number of benzene rings is 1. The van der Waals surface area contributed by atoms with Crippen LogP contribution in [-0.2, 0) is 20.0 Å². The molecule has 1 heterocycles. The third kappa shape index (κ3) is 6.53. The molecule has 0 fully saturated rings. The predicted octanol–water partition coefficient (Wildman–Crippen LogP) is 2.97. The van der Waals surface area contributed by atoms with Crippen LogP contribution in [0.5, 0.6) is 0 Å². The molecule has 0 spiro atoms. The maximum atomic E-state index is 13.8. The molecule has 0 atom stereocenters. The summed E-state index contributed by atoms with van der Waals surface area (Å²) in [5.41, 5.74) is 0.724. The van der Waals surface area contributed by atoms with Crippen LogP contribution < -0.4 is 5.32 Å². The second-order valence-corrected chi connectivity index (χ2v) is 6.38. The summed E-state index contributed by atoms with van der Waals surface area (Å²) in [5.74, 6) is 1.46. The van der Waals surface area contributed by atoms with Crippen LogP contribution in [0.3, 0.4) is 0 Å². The molecule has 0 aliphatic carbocycles. The Labute approximate surface area is 173 Å². The van der Waals surface area contributed by atoms with Gasteiger partial charge in [0.15, 0.2) is 5.96 Å². The molecule has 25 heavy (non-hydrogen) atoms. The normalized spacial score (nSPS) is 11.2. The van der Waals surface area contributed by atoms with E-state index in [1.54, 1.807) is 11.7 Å². The zero-order chi connectivity index (χ0) is 17.5. The summed E-state index contributed by atoms with van der Waals surface area (Å²) in [5, 5.41) is 7.35. The summed E-state index contributed by atoms with van der Waals surface area (Å²) >= 11 is 3.27. The minimum absolute atomic E-state index is 0. The van der Waals surface area contributed by atoms with E-state index in [2.05, 4.69) is 36.3 Å². The number of nitrogens with zero attached hydrogens (tertiary/aromatic N) is 5. The van der Waals surface area contributed by atoms with Gasteiger partial charge >= 0.3 is 0 Å². The van der Waals surface area contributed by atoms with Crippen molar-refractivity contribution in [3.8, 4) is 0 Å². The number of hydrogen-bond acceptors (Lipinski definition) is 3. The van der Waals surface area contributed by atoms with Crippen molar-refractivity contribution in [2.24, 2.45) is 12.0 Å². The molecule has 1 aromatic heterocycles. The molecule has 9 heteroatoms. The molecule has 138 valence electrons. The summed E-state index contributed by atoms with van der Waals surface area (Å²) in [7, 11) is 5.54. The molecular formula is C16H23BrFIN6. The summed E-state index contributed by atoms with van der Waals surface area (Å²) in [4.78, 5) is 10.4. The Morgan fingerprint density at radius 2 is 2.20 bits per heavy atom. The first-order valence-corrected chi connectivity index (χ1v) is 8.49. The second-order valence-electron chi connectivity index (χ2n) is 5.47. The number of hydrogen-bond donors (Lipinski definition) is 1. The molecule has 1 aromatic carbocycles. The van der Waals surface area contributed by atoms with Crippen LogP contribution in [0.25, 0.3) is 0 Å². The van der Waals surface area contributed by atoms with E-state index in [9.17, 15) is 4.39 Å². The van der Waals surface area contributed by atoms with Crippen LogP contribution >= 0.6 is 39.9 Å². The maximum Gasteiger partial charge on any atom is 0.193 e. The van der Waals surface area contributed by atoms with Crippen LogP contribution in [0.4, 0.5) is 4.39 Å². The largest absolute Gasteiger partial charge is 0.356 e. The van der Waals surface area contributed by atoms with Gasteiger partial charge in [-0.15, -0.1) is 24.0 Å². The van der Waals surface area contributed by atoms with Crippen molar-refractivity contribution in [1.82, 2.24) is 25.0 Å². The molecule has 1 N–H and O–H groups in total. The fourth-order valence-corrected chi connectivity index (χ4v) is 2.67. The van der Waals surface area contributed by atoms with Gasteiger partial charge in [-0.25, -0.2) is 9.37 Å². The number of aromatic nitrogens is 3. The number of aliphatic imine (C=N–C) groups is 1. The average molecular weight is 525 g/mol. The summed E-state index contributed by atoms with van der Waals surface area (Å²) in [6.07, 6.45) is 3.03. The van der Waals surface area contributed by atoms with Crippen LogP contribution in [0.2, 0.25) is 0 Å². The van der Waals surface area contributed by atoms with Crippen LogP contribution in [0.15, 0.2) is 34.0 Å². The van der Waals surface area contributed by atoms with E-state index in [0.717, 1.165) is 28.2 Å². The van der Waals surface area contributed by atoms with Crippen molar-refractivity contribution in [3.05, 3.63) is 46.2 Å². The van der Waals surface area contributed by atoms with Gasteiger partial charge in [-0.05, 0) is 30.5 Å². The lowest BCUT2D eigenvalue weighted by molar-refractivity contribution is 0.448. The van der Waals surface area contributed by atoms with E-state index in [0.29, 0.717) is 19.5 Å². The van der Waals surface area contributed by atoms with Gasteiger partial charge in [0, 0.05) is 32.2 Å². The van der Waals surface area contributed by atoms with E-state index in [4.69, 9.17) is 0 Å². The van der Waals surface area contributed by atoms with Crippen LogP contribution in [0, 0.1) is 5.82 Å². The highest BCUT2D eigenvalue weighted by Crippen LogP contribution is 2.16. The van der Waals surface area contributed by atoms with Gasteiger partial charge in [-0.2, -0.15) is 5.10 Å². The quantitative estimate of drug-likeness (QED) is 0.273. The number of halogens is 3. The smallest absolute Gasteiger partial charge is 0.193 e. The van der Waals surface area contributed by atoms with Crippen molar-refractivity contribution in [2.75, 3.05) is 20.6 Å².